The molecule has 2 aliphatic rings. The van der Waals surface area contributed by atoms with Crippen molar-refractivity contribution in [3.05, 3.63) is 100 Å². The minimum atomic E-state index is -4.70. The third-order valence-corrected chi connectivity index (χ3v) is 7.91. The predicted molar refractivity (Wildman–Crippen MR) is 164 cm³/mol. The van der Waals surface area contributed by atoms with Crippen molar-refractivity contribution in [2.24, 2.45) is 4.99 Å². The molecule has 11 heteroatoms. The number of nitrogens with zero attached hydrogens (tertiary/aromatic N) is 5. The number of alkyl halides is 3. The van der Waals surface area contributed by atoms with Crippen molar-refractivity contribution in [1.29, 1.82) is 0 Å². The van der Waals surface area contributed by atoms with Gasteiger partial charge >= 0.3 is 6.18 Å². The third kappa shape index (κ3) is 5.03. The summed E-state index contributed by atoms with van der Waals surface area (Å²) >= 11 is 11.6. The zero-order valence-corrected chi connectivity index (χ0v) is 23.7. The van der Waals surface area contributed by atoms with Crippen LogP contribution in [0.15, 0.2) is 65.7 Å². The quantitative estimate of drug-likeness (QED) is 0.245. The third-order valence-electron chi connectivity index (χ3n) is 7.35. The summed E-state index contributed by atoms with van der Waals surface area (Å²) in [6.07, 6.45) is -2.27. The molecule has 2 fully saturated rings. The van der Waals surface area contributed by atoms with E-state index in [2.05, 4.69) is 19.9 Å². The molecule has 1 aliphatic heterocycles. The van der Waals surface area contributed by atoms with E-state index in [4.69, 9.17) is 42.6 Å². The van der Waals surface area contributed by atoms with Crippen LogP contribution in [0, 0.1) is 27.0 Å². The molecule has 0 unspecified atom stereocenters. The fourth-order valence-corrected chi connectivity index (χ4v) is 5.85. The minimum absolute atomic E-state index is 0.0389. The zero-order chi connectivity index (χ0) is 29.5. The number of aliphatic imine (C=N–C) groups is 1. The first kappa shape index (κ1) is 28.2. The van der Waals surface area contributed by atoms with E-state index in [-0.39, 0.29) is 10.8 Å². The molecule has 1 spiro atoms. The second-order valence-electron chi connectivity index (χ2n) is 9.96. The second kappa shape index (κ2) is 10.6. The topological polar surface area (TPSA) is 39.6 Å². The lowest BCUT2D eigenvalue weighted by molar-refractivity contribution is -0.136. The van der Waals surface area contributed by atoms with Crippen LogP contribution in [0.5, 0.6) is 0 Å². The van der Waals surface area contributed by atoms with Gasteiger partial charge in [-0.1, -0.05) is 29.8 Å². The Morgan fingerprint density at radius 3 is 2.15 bits per heavy atom. The zero-order valence-electron chi connectivity index (χ0n) is 22.1. The molecule has 5 rings (SSSR count). The molecule has 0 bridgehead atoms. The molecular weight excluding hydrogens is 566 g/mol. The summed E-state index contributed by atoms with van der Waals surface area (Å²) in [5.41, 5.74) is 1.93. The first-order valence-corrected chi connectivity index (χ1v) is 13.5. The molecule has 3 aromatic carbocycles. The van der Waals surface area contributed by atoms with Gasteiger partial charge in [-0.3, -0.25) is 4.90 Å². The van der Waals surface area contributed by atoms with Gasteiger partial charge in [-0.25, -0.2) is 14.7 Å². The van der Waals surface area contributed by atoms with E-state index in [0.29, 0.717) is 22.3 Å². The maximum absolute atomic E-state index is 13.6. The van der Waals surface area contributed by atoms with Gasteiger partial charge in [-0.2, -0.15) is 13.2 Å². The Labute approximate surface area is 246 Å². The second-order valence-corrected chi connectivity index (χ2v) is 10.7. The Morgan fingerprint density at radius 2 is 1.59 bits per heavy atom. The summed E-state index contributed by atoms with van der Waals surface area (Å²) in [6.45, 7) is 18.4. The van der Waals surface area contributed by atoms with E-state index in [1.807, 2.05) is 55.1 Å². The lowest BCUT2D eigenvalue weighted by Gasteiger charge is -2.44. The van der Waals surface area contributed by atoms with Gasteiger partial charge in [0.15, 0.2) is 21.6 Å². The lowest BCUT2D eigenvalue weighted by Crippen LogP contribution is -2.55. The van der Waals surface area contributed by atoms with Gasteiger partial charge in [0, 0.05) is 17.1 Å². The number of benzene rings is 3. The predicted octanol–water partition coefficient (Wildman–Crippen LogP) is 8.75. The maximum Gasteiger partial charge on any atom is 0.407 e. The molecule has 1 N–H and O–H groups in total. The van der Waals surface area contributed by atoms with Crippen molar-refractivity contribution in [2.75, 3.05) is 15.1 Å². The van der Waals surface area contributed by atoms with E-state index in [0.717, 1.165) is 48.2 Å². The van der Waals surface area contributed by atoms with Gasteiger partial charge in [0.25, 0.3) is 0 Å². The summed E-state index contributed by atoms with van der Waals surface area (Å²) in [5, 5.41) is 3.26. The number of nitrogens with one attached hydrogen (secondary N) is 1. The molecule has 1 saturated heterocycles. The number of hydrogen-bond donors (Lipinski definition) is 1. The van der Waals surface area contributed by atoms with Crippen LogP contribution in [0.25, 0.3) is 9.69 Å². The molecule has 6 nitrogen and oxygen atoms in total. The average Bonchev–Trinajstić information content (AvgIpc) is 3.16. The van der Waals surface area contributed by atoms with Crippen LogP contribution in [0.2, 0.25) is 0 Å². The largest absolute Gasteiger partial charge is 0.407 e. The normalized spacial score (nSPS) is 16.9. The van der Waals surface area contributed by atoms with Crippen LogP contribution in [-0.2, 0) is 6.18 Å². The number of rotatable bonds is 3. The van der Waals surface area contributed by atoms with E-state index >= 15 is 0 Å². The van der Waals surface area contributed by atoms with Gasteiger partial charge in [-0.15, -0.1) is 0 Å². The van der Waals surface area contributed by atoms with Crippen LogP contribution < -0.4 is 15.1 Å². The van der Waals surface area contributed by atoms with Crippen LogP contribution in [0.4, 0.5) is 41.6 Å². The summed E-state index contributed by atoms with van der Waals surface area (Å²) in [7, 11) is 0. The van der Waals surface area contributed by atoms with Crippen molar-refractivity contribution in [3.8, 4) is 0 Å². The van der Waals surface area contributed by atoms with Gasteiger partial charge in [-0.05, 0) is 99.5 Å². The molecule has 1 heterocycles. The number of halogens is 3. The average molecular weight is 589 g/mol. The lowest BCUT2D eigenvalue weighted by atomic mass is 9.74. The molecule has 206 valence electrons. The van der Waals surface area contributed by atoms with Crippen LogP contribution in [0.1, 0.15) is 36.0 Å². The van der Waals surface area contributed by atoms with Gasteiger partial charge < -0.3 is 10.2 Å². The van der Waals surface area contributed by atoms with E-state index in [1.165, 1.54) is 6.07 Å². The van der Waals surface area contributed by atoms with Gasteiger partial charge in [0.1, 0.15) is 11.4 Å². The summed E-state index contributed by atoms with van der Waals surface area (Å²) in [6, 6.07) is 16.8. The highest BCUT2D eigenvalue weighted by atomic mass is 32.1. The number of amidine groups is 1. The highest BCUT2D eigenvalue weighted by molar-refractivity contribution is 7.81. The molecule has 1 saturated carbocycles. The van der Waals surface area contributed by atoms with Crippen LogP contribution >= 0.6 is 24.4 Å². The highest BCUT2D eigenvalue weighted by Crippen LogP contribution is 2.49. The maximum atomic E-state index is 13.6. The summed E-state index contributed by atoms with van der Waals surface area (Å²) < 4.78 is 40.7. The van der Waals surface area contributed by atoms with Crippen molar-refractivity contribution in [2.45, 2.75) is 44.8 Å². The number of anilines is 3. The number of aryl methyl sites for hydroxylation is 2. The Morgan fingerprint density at radius 1 is 0.951 bits per heavy atom. The van der Waals surface area contributed by atoms with Crippen molar-refractivity contribution in [3.63, 3.8) is 0 Å². The Balaban J connectivity index is 1.60. The van der Waals surface area contributed by atoms with E-state index in [9.17, 15) is 13.2 Å². The molecule has 0 amide bonds. The fraction of sp³-hybridized carbons (Fsp3) is 0.233. The molecule has 0 radical (unpaired) electrons. The molecule has 0 atom stereocenters. The molecule has 41 heavy (non-hydrogen) atoms. The first-order valence-electron chi connectivity index (χ1n) is 12.7. The Hall–Kier alpha value is -4.32. The molecular formula is C30H23F3N6S2. The SMILES string of the molecule is [C-]#[N+]c1ccc(N2C(=S)N(c3ccc(C)cc3)C3(CCC3)C2=NC(=S)Nc2ccc([N+]#[C-])c(C(F)(F)F)c2)cc1C. The van der Waals surface area contributed by atoms with Gasteiger partial charge in [0.05, 0.1) is 18.7 Å². The number of hydrogen-bond acceptors (Lipinski definition) is 2. The Bertz CT molecular complexity index is 1680. The van der Waals surface area contributed by atoms with E-state index < -0.39 is 23.0 Å². The minimum Gasteiger partial charge on any atom is -0.331 e. The summed E-state index contributed by atoms with van der Waals surface area (Å²) in [5.74, 6) is 0.565. The summed E-state index contributed by atoms with van der Waals surface area (Å²) in [4.78, 5) is 15.3. The standard InChI is InChI=1S/C30H23F3N6S2/c1-18-6-9-21(10-7-18)39-28(41)38(22-11-13-24(34-3)19(2)16-22)26(29(39)14-5-15-29)37-27(40)36-20-8-12-25(35-4)23(17-20)30(31,32)33/h6-13,16-17H,5,14-15H2,1-2H3,(H,36,40). The smallest absolute Gasteiger partial charge is 0.331 e. The van der Waals surface area contributed by atoms with Crippen molar-refractivity contribution in [1.82, 2.24) is 0 Å². The number of thiocarbonyl (C=S) groups is 2. The van der Waals surface area contributed by atoms with Crippen molar-refractivity contribution < 1.29 is 13.2 Å². The molecule has 0 aromatic heterocycles. The van der Waals surface area contributed by atoms with Crippen LogP contribution in [0.3, 0.4) is 0 Å². The van der Waals surface area contributed by atoms with Gasteiger partial charge in [0.2, 0.25) is 0 Å². The highest BCUT2D eigenvalue weighted by Gasteiger charge is 2.58. The Kier molecular flexibility index (Phi) is 7.28. The van der Waals surface area contributed by atoms with Crippen molar-refractivity contribution >= 4 is 68.9 Å². The monoisotopic (exact) mass is 588 g/mol. The molecule has 3 aromatic rings. The van der Waals surface area contributed by atoms with E-state index in [1.54, 1.807) is 6.07 Å². The fourth-order valence-electron chi connectivity index (χ4n) is 5.17. The van der Waals surface area contributed by atoms with Crippen LogP contribution in [-0.4, -0.2) is 21.6 Å². The first-order chi connectivity index (χ1) is 19.5. The molecule has 1 aliphatic carbocycles.